The van der Waals surface area contributed by atoms with Crippen LogP contribution in [-0.2, 0) is 7.05 Å². The van der Waals surface area contributed by atoms with Gasteiger partial charge in [-0.05, 0) is 25.0 Å². The van der Waals surface area contributed by atoms with Gasteiger partial charge in [0.1, 0.15) is 5.82 Å². The predicted octanol–water partition coefficient (Wildman–Crippen LogP) is 3.24. The van der Waals surface area contributed by atoms with E-state index in [0.29, 0.717) is 5.95 Å². The molecule has 0 fully saturated rings. The molecule has 0 aliphatic heterocycles. The normalized spacial score (nSPS) is 10.9. The Hall–Kier alpha value is -2.63. The molecule has 2 heterocycles. The van der Waals surface area contributed by atoms with Gasteiger partial charge in [-0.15, -0.1) is 0 Å². The van der Waals surface area contributed by atoms with Gasteiger partial charge < -0.3 is 10.6 Å². The number of rotatable bonds is 5. The second-order valence-electron chi connectivity index (χ2n) is 5.27. The highest BCUT2D eigenvalue weighted by Crippen LogP contribution is 2.26. The quantitative estimate of drug-likeness (QED) is 0.756. The highest BCUT2D eigenvalue weighted by Gasteiger charge is 2.12. The third kappa shape index (κ3) is 2.72. The Morgan fingerprint density at radius 1 is 1.18 bits per heavy atom. The van der Waals surface area contributed by atoms with Crippen LogP contribution in [0, 0.1) is 6.92 Å². The number of nitrogens with one attached hydrogen (secondary N) is 2. The molecule has 0 unspecified atom stereocenters. The molecule has 0 bridgehead atoms. The molecule has 1 aromatic carbocycles. The molecule has 2 N–H and O–H groups in total. The molecule has 3 aromatic rings. The summed E-state index contributed by atoms with van der Waals surface area (Å²) < 4.78 is 1.76. The largest absolute Gasteiger partial charge is 0.354 e. The van der Waals surface area contributed by atoms with Gasteiger partial charge in [-0.2, -0.15) is 15.1 Å². The molecule has 2 aromatic heterocycles. The summed E-state index contributed by atoms with van der Waals surface area (Å²) in [5.41, 5.74) is 3.01. The van der Waals surface area contributed by atoms with Crippen LogP contribution in [0.4, 0.5) is 17.5 Å². The van der Waals surface area contributed by atoms with Crippen molar-refractivity contribution in [3.63, 3.8) is 0 Å². The second kappa shape index (κ2) is 6.01. The lowest BCUT2D eigenvalue weighted by Crippen LogP contribution is -2.07. The van der Waals surface area contributed by atoms with Crippen LogP contribution in [0.2, 0.25) is 0 Å². The zero-order chi connectivity index (χ0) is 15.5. The van der Waals surface area contributed by atoms with Crippen LogP contribution in [0.5, 0.6) is 0 Å². The number of benzene rings is 1. The van der Waals surface area contributed by atoms with Crippen molar-refractivity contribution in [3.05, 3.63) is 36.0 Å². The maximum Gasteiger partial charge on any atom is 0.226 e. The number of anilines is 3. The van der Waals surface area contributed by atoms with E-state index in [9.17, 15) is 0 Å². The van der Waals surface area contributed by atoms with Crippen molar-refractivity contribution >= 4 is 28.5 Å². The van der Waals surface area contributed by atoms with Crippen molar-refractivity contribution in [2.75, 3.05) is 17.2 Å². The monoisotopic (exact) mass is 296 g/mol. The van der Waals surface area contributed by atoms with Crippen molar-refractivity contribution in [2.24, 2.45) is 7.05 Å². The fourth-order valence-electron chi connectivity index (χ4n) is 2.27. The van der Waals surface area contributed by atoms with Crippen LogP contribution >= 0.6 is 0 Å². The van der Waals surface area contributed by atoms with Gasteiger partial charge in [-0.1, -0.05) is 25.1 Å². The van der Waals surface area contributed by atoms with Gasteiger partial charge in [0.05, 0.1) is 11.6 Å². The van der Waals surface area contributed by atoms with Gasteiger partial charge in [0.15, 0.2) is 5.65 Å². The van der Waals surface area contributed by atoms with E-state index in [2.05, 4.69) is 45.6 Å². The number of fused-ring (bicyclic) bond motifs is 1. The van der Waals surface area contributed by atoms with Gasteiger partial charge in [0.2, 0.25) is 5.95 Å². The Balaban J connectivity index is 2.05. The molecule has 0 saturated carbocycles. The van der Waals surface area contributed by atoms with Gasteiger partial charge >= 0.3 is 0 Å². The van der Waals surface area contributed by atoms with E-state index >= 15 is 0 Å². The number of aryl methyl sites for hydroxylation is 2. The minimum absolute atomic E-state index is 0.619. The van der Waals surface area contributed by atoms with Crippen LogP contribution in [0.25, 0.3) is 11.0 Å². The second-order valence-corrected chi connectivity index (χ2v) is 5.27. The van der Waals surface area contributed by atoms with E-state index in [4.69, 9.17) is 0 Å². The Morgan fingerprint density at radius 3 is 2.77 bits per heavy atom. The molecule has 0 saturated heterocycles. The molecule has 0 aliphatic rings. The average Bonchev–Trinajstić information content (AvgIpc) is 2.89. The Labute approximate surface area is 129 Å². The molecule has 0 atom stereocenters. The SMILES string of the molecule is CCCNc1nc(Nc2ccccc2C)c2cnn(C)c2n1. The molecule has 6 heteroatoms. The maximum atomic E-state index is 4.60. The molecule has 6 nitrogen and oxygen atoms in total. The van der Waals surface area contributed by atoms with E-state index in [0.717, 1.165) is 35.5 Å². The van der Waals surface area contributed by atoms with Crippen molar-refractivity contribution in [1.29, 1.82) is 0 Å². The number of aromatic nitrogens is 4. The van der Waals surface area contributed by atoms with Crippen molar-refractivity contribution in [1.82, 2.24) is 19.7 Å². The number of hydrogen-bond donors (Lipinski definition) is 2. The first-order chi connectivity index (χ1) is 10.7. The predicted molar refractivity (Wildman–Crippen MR) is 89.5 cm³/mol. The standard InChI is InChI=1S/C16H20N6/c1-4-9-17-16-20-14(12-10-18-22(3)15(12)21-16)19-13-8-6-5-7-11(13)2/h5-8,10H,4,9H2,1-3H3,(H2,17,19,20,21). The average molecular weight is 296 g/mol. The van der Waals surface area contributed by atoms with Gasteiger partial charge in [-0.25, -0.2) is 0 Å². The summed E-state index contributed by atoms with van der Waals surface area (Å²) >= 11 is 0. The highest BCUT2D eigenvalue weighted by atomic mass is 15.3. The van der Waals surface area contributed by atoms with Gasteiger partial charge in [-0.3, -0.25) is 4.68 Å². The molecule has 0 spiro atoms. The summed E-state index contributed by atoms with van der Waals surface area (Å²) in [6.45, 7) is 5.02. The number of nitrogens with zero attached hydrogens (tertiary/aromatic N) is 4. The molecular formula is C16H20N6. The van der Waals surface area contributed by atoms with Crippen molar-refractivity contribution in [2.45, 2.75) is 20.3 Å². The topological polar surface area (TPSA) is 67.7 Å². The smallest absolute Gasteiger partial charge is 0.226 e. The van der Waals surface area contributed by atoms with Gasteiger partial charge in [0, 0.05) is 19.3 Å². The Morgan fingerprint density at radius 2 is 2.00 bits per heavy atom. The lowest BCUT2D eigenvalue weighted by Gasteiger charge is -2.11. The van der Waals surface area contributed by atoms with Crippen LogP contribution in [0.3, 0.4) is 0 Å². The zero-order valence-corrected chi connectivity index (χ0v) is 13.1. The van der Waals surface area contributed by atoms with E-state index in [1.165, 1.54) is 5.56 Å². The van der Waals surface area contributed by atoms with Gasteiger partial charge in [0.25, 0.3) is 0 Å². The van der Waals surface area contributed by atoms with E-state index in [1.807, 2.05) is 25.2 Å². The van der Waals surface area contributed by atoms with Crippen molar-refractivity contribution in [3.8, 4) is 0 Å². The summed E-state index contributed by atoms with van der Waals surface area (Å²) in [6.07, 6.45) is 2.81. The first kappa shape index (κ1) is 14.3. The number of para-hydroxylation sites is 1. The molecule has 0 aliphatic carbocycles. The summed E-state index contributed by atoms with van der Waals surface area (Å²) in [6, 6.07) is 8.14. The summed E-state index contributed by atoms with van der Waals surface area (Å²) in [5.74, 6) is 1.39. The van der Waals surface area contributed by atoms with Crippen LogP contribution < -0.4 is 10.6 Å². The van der Waals surface area contributed by atoms with E-state index in [-0.39, 0.29) is 0 Å². The van der Waals surface area contributed by atoms with Crippen molar-refractivity contribution < 1.29 is 0 Å². The highest BCUT2D eigenvalue weighted by molar-refractivity contribution is 5.89. The third-order valence-corrected chi connectivity index (χ3v) is 3.52. The third-order valence-electron chi connectivity index (χ3n) is 3.52. The summed E-state index contributed by atoms with van der Waals surface area (Å²) in [5, 5.41) is 11.8. The molecule has 114 valence electrons. The van der Waals surface area contributed by atoms with Crippen LogP contribution in [0.15, 0.2) is 30.5 Å². The molecule has 3 rings (SSSR count). The number of hydrogen-bond acceptors (Lipinski definition) is 5. The Kier molecular flexibility index (Phi) is 3.91. The lowest BCUT2D eigenvalue weighted by atomic mass is 10.2. The lowest BCUT2D eigenvalue weighted by molar-refractivity contribution is 0.785. The minimum Gasteiger partial charge on any atom is -0.354 e. The molecular weight excluding hydrogens is 276 g/mol. The fourth-order valence-corrected chi connectivity index (χ4v) is 2.27. The molecule has 0 radical (unpaired) electrons. The minimum atomic E-state index is 0.619. The summed E-state index contributed by atoms with van der Waals surface area (Å²) in [4.78, 5) is 9.14. The van der Waals surface area contributed by atoms with E-state index in [1.54, 1.807) is 10.9 Å². The summed E-state index contributed by atoms with van der Waals surface area (Å²) in [7, 11) is 1.89. The van der Waals surface area contributed by atoms with Crippen LogP contribution in [-0.4, -0.2) is 26.3 Å². The first-order valence-corrected chi connectivity index (χ1v) is 7.45. The van der Waals surface area contributed by atoms with Crippen LogP contribution in [0.1, 0.15) is 18.9 Å². The molecule has 22 heavy (non-hydrogen) atoms. The molecule has 0 amide bonds. The zero-order valence-electron chi connectivity index (χ0n) is 13.1. The first-order valence-electron chi connectivity index (χ1n) is 7.45. The Bertz CT molecular complexity index is 792. The van der Waals surface area contributed by atoms with E-state index < -0.39 is 0 Å². The maximum absolute atomic E-state index is 4.60. The fraction of sp³-hybridized carbons (Fsp3) is 0.312.